The fourth-order valence-electron chi connectivity index (χ4n) is 5.11. The Labute approximate surface area is 170 Å². The van der Waals surface area contributed by atoms with Gasteiger partial charge in [0.05, 0.1) is 5.92 Å². The Kier molecular flexibility index (Phi) is 4.70. The molecule has 3 heteroatoms. The van der Waals surface area contributed by atoms with Crippen LogP contribution in [0.1, 0.15) is 53.1 Å². The van der Waals surface area contributed by atoms with Crippen LogP contribution in [0.5, 0.6) is 5.75 Å². The molecule has 2 aromatic carbocycles. The minimum absolute atomic E-state index is 0.250. The van der Waals surface area contributed by atoms with Crippen molar-refractivity contribution in [3.8, 4) is 5.75 Å². The van der Waals surface area contributed by atoms with Gasteiger partial charge in [-0.2, -0.15) is 0 Å². The van der Waals surface area contributed by atoms with E-state index in [9.17, 15) is 0 Å². The Morgan fingerprint density at radius 1 is 0.857 bits per heavy atom. The largest absolute Gasteiger partial charge is 0.486 e. The Bertz CT molecular complexity index is 890. The van der Waals surface area contributed by atoms with Crippen LogP contribution in [0.4, 0.5) is 5.69 Å². The van der Waals surface area contributed by atoms with E-state index in [1.54, 1.807) is 0 Å². The molecule has 0 aromatic heterocycles. The summed E-state index contributed by atoms with van der Waals surface area (Å²) in [4.78, 5) is 5.01. The quantitative estimate of drug-likeness (QED) is 0.733. The highest BCUT2D eigenvalue weighted by molar-refractivity contribution is 5.72. The maximum atomic E-state index is 6.62. The van der Waals surface area contributed by atoms with Crippen molar-refractivity contribution in [3.05, 3.63) is 57.6 Å². The first-order valence-corrected chi connectivity index (χ1v) is 10.5. The van der Waals surface area contributed by atoms with Gasteiger partial charge < -0.3 is 14.5 Å². The number of benzene rings is 2. The van der Waals surface area contributed by atoms with Crippen molar-refractivity contribution in [3.63, 3.8) is 0 Å². The summed E-state index contributed by atoms with van der Waals surface area (Å²) in [5, 5.41) is 0. The van der Waals surface area contributed by atoms with Crippen LogP contribution < -0.4 is 9.64 Å². The number of aryl methyl sites for hydroxylation is 1. The number of anilines is 1. The molecule has 4 rings (SSSR count). The lowest BCUT2D eigenvalue weighted by atomic mass is 9.78. The van der Waals surface area contributed by atoms with Crippen LogP contribution in [0.25, 0.3) is 0 Å². The summed E-state index contributed by atoms with van der Waals surface area (Å²) in [6.45, 7) is 17.9. The van der Waals surface area contributed by atoms with Gasteiger partial charge in [-0.1, -0.05) is 29.8 Å². The van der Waals surface area contributed by atoms with Crippen LogP contribution >= 0.6 is 0 Å². The van der Waals surface area contributed by atoms with Gasteiger partial charge in [-0.3, -0.25) is 0 Å². The van der Waals surface area contributed by atoms with E-state index in [0.29, 0.717) is 0 Å². The summed E-state index contributed by atoms with van der Waals surface area (Å²) in [6.07, 6.45) is 0. The highest BCUT2D eigenvalue weighted by Crippen LogP contribution is 2.54. The number of hydrogen-bond acceptors (Lipinski definition) is 3. The molecule has 2 aliphatic rings. The Hall–Kier alpha value is -2.00. The van der Waals surface area contributed by atoms with Gasteiger partial charge in [0, 0.05) is 37.4 Å². The van der Waals surface area contributed by atoms with Crippen molar-refractivity contribution >= 4 is 5.69 Å². The molecule has 1 unspecified atom stereocenters. The molecule has 0 saturated carbocycles. The maximum absolute atomic E-state index is 6.62. The second-order valence-electron chi connectivity index (χ2n) is 9.31. The van der Waals surface area contributed by atoms with Crippen LogP contribution in [0.3, 0.4) is 0 Å². The number of nitrogens with zero attached hydrogens (tertiary/aromatic N) is 2. The van der Waals surface area contributed by atoms with Crippen LogP contribution in [0, 0.1) is 27.7 Å². The molecular weight excluding hydrogens is 344 g/mol. The lowest BCUT2D eigenvalue weighted by Crippen LogP contribution is -2.45. The van der Waals surface area contributed by atoms with Gasteiger partial charge in [0.25, 0.3) is 0 Å². The topological polar surface area (TPSA) is 15.7 Å². The first-order chi connectivity index (χ1) is 13.2. The fourth-order valence-corrected chi connectivity index (χ4v) is 5.11. The average Bonchev–Trinajstić information content (AvgIpc) is 2.94. The van der Waals surface area contributed by atoms with Crippen LogP contribution in [0.15, 0.2) is 24.3 Å². The second-order valence-corrected chi connectivity index (χ2v) is 9.31. The third kappa shape index (κ3) is 3.00. The molecular formula is C25H34N2O. The minimum atomic E-state index is -0.250. The number of piperazine rings is 1. The monoisotopic (exact) mass is 378 g/mol. The van der Waals surface area contributed by atoms with Crippen molar-refractivity contribution in [2.24, 2.45) is 0 Å². The zero-order valence-electron chi connectivity index (χ0n) is 18.5. The molecule has 0 amide bonds. The van der Waals surface area contributed by atoms with E-state index in [4.69, 9.17) is 4.74 Å². The summed E-state index contributed by atoms with van der Waals surface area (Å²) in [5.74, 6) is 1.37. The summed E-state index contributed by atoms with van der Waals surface area (Å²) >= 11 is 0. The second kappa shape index (κ2) is 6.81. The highest BCUT2D eigenvalue weighted by Gasteiger charge is 2.45. The molecule has 0 N–H and O–H groups in total. The average molecular weight is 379 g/mol. The lowest BCUT2D eigenvalue weighted by Gasteiger charge is -2.37. The third-order valence-corrected chi connectivity index (χ3v) is 6.84. The van der Waals surface area contributed by atoms with Gasteiger partial charge in [0.2, 0.25) is 0 Å². The van der Waals surface area contributed by atoms with Gasteiger partial charge in [-0.05, 0) is 70.8 Å². The molecule has 3 nitrogen and oxygen atoms in total. The van der Waals surface area contributed by atoms with E-state index in [1.165, 1.54) is 39.1 Å². The Morgan fingerprint density at radius 3 is 2.07 bits per heavy atom. The molecule has 1 fully saturated rings. The molecule has 0 spiro atoms. The van der Waals surface area contributed by atoms with E-state index < -0.39 is 0 Å². The molecule has 2 aliphatic heterocycles. The van der Waals surface area contributed by atoms with Gasteiger partial charge in [-0.15, -0.1) is 0 Å². The standard InChI is InChI=1S/C25H34N2O/c1-16-8-10-20(11-9-16)22-21-19(4)23(27-14-12-26(7)13-15-27)17(2)18(3)24(21)28-25(22,5)6/h8-11,22H,12-15H2,1-7H3. The van der Waals surface area contributed by atoms with E-state index in [0.717, 1.165) is 31.9 Å². The minimum Gasteiger partial charge on any atom is -0.486 e. The van der Waals surface area contributed by atoms with Crippen molar-refractivity contribution in [1.82, 2.24) is 4.90 Å². The van der Waals surface area contributed by atoms with Crippen molar-refractivity contribution in [1.29, 1.82) is 0 Å². The van der Waals surface area contributed by atoms with Crippen molar-refractivity contribution in [2.75, 3.05) is 38.1 Å². The van der Waals surface area contributed by atoms with Gasteiger partial charge in [0.1, 0.15) is 11.4 Å². The molecule has 1 atom stereocenters. The highest BCUT2D eigenvalue weighted by atomic mass is 16.5. The zero-order chi connectivity index (χ0) is 20.2. The molecule has 0 bridgehead atoms. The number of hydrogen-bond donors (Lipinski definition) is 0. The first-order valence-electron chi connectivity index (χ1n) is 10.5. The van der Waals surface area contributed by atoms with E-state index in [1.807, 2.05) is 0 Å². The van der Waals surface area contributed by atoms with Crippen molar-refractivity contribution in [2.45, 2.75) is 53.1 Å². The van der Waals surface area contributed by atoms with Crippen molar-refractivity contribution < 1.29 is 4.74 Å². The van der Waals surface area contributed by atoms with Gasteiger partial charge in [-0.25, -0.2) is 0 Å². The first kappa shape index (κ1) is 19.3. The Morgan fingerprint density at radius 2 is 1.46 bits per heavy atom. The van der Waals surface area contributed by atoms with Crippen LogP contribution in [0.2, 0.25) is 0 Å². The molecule has 2 heterocycles. The van der Waals surface area contributed by atoms with Crippen LogP contribution in [-0.2, 0) is 0 Å². The summed E-state index contributed by atoms with van der Waals surface area (Å²) in [6, 6.07) is 9.01. The van der Waals surface area contributed by atoms with E-state index in [2.05, 4.69) is 82.7 Å². The van der Waals surface area contributed by atoms with Gasteiger partial charge >= 0.3 is 0 Å². The predicted molar refractivity (Wildman–Crippen MR) is 118 cm³/mol. The normalized spacial score (nSPS) is 21.5. The lowest BCUT2D eigenvalue weighted by molar-refractivity contribution is 0.121. The molecule has 150 valence electrons. The maximum Gasteiger partial charge on any atom is 0.127 e. The van der Waals surface area contributed by atoms with E-state index in [-0.39, 0.29) is 11.5 Å². The smallest absolute Gasteiger partial charge is 0.127 e. The number of fused-ring (bicyclic) bond motifs is 1. The predicted octanol–water partition coefficient (Wildman–Crippen LogP) is 4.97. The number of likely N-dealkylation sites (N-methyl/N-ethyl adjacent to an activating group) is 1. The molecule has 0 aliphatic carbocycles. The summed E-state index contributed by atoms with van der Waals surface area (Å²) in [7, 11) is 2.22. The summed E-state index contributed by atoms with van der Waals surface area (Å²) in [5.41, 5.74) is 9.31. The molecule has 0 radical (unpaired) electrons. The fraction of sp³-hybridized carbons (Fsp3) is 0.520. The molecule has 1 saturated heterocycles. The number of ether oxygens (including phenoxy) is 1. The molecule has 2 aromatic rings. The number of rotatable bonds is 2. The zero-order valence-corrected chi connectivity index (χ0v) is 18.5. The molecule has 28 heavy (non-hydrogen) atoms. The van der Waals surface area contributed by atoms with Gasteiger partial charge in [0.15, 0.2) is 0 Å². The SMILES string of the molecule is Cc1ccc(C2c3c(C)c(N4CCN(C)CC4)c(C)c(C)c3OC2(C)C)cc1. The Balaban J connectivity index is 1.88. The third-order valence-electron chi connectivity index (χ3n) is 6.84. The van der Waals surface area contributed by atoms with E-state index >= 15 is 0 Å². The summed E-state index contributed by atoms with van der Waals surface area (Å²) < 4.78 is 6.62. The van der Waals surface area contributed by atoms with Crippen LogP contribution in [-0.4, -0.2) is 43.7 Å².